The van der Waals surface area contributed by atoms with Crippen LogP contribution in [0.3, 0.4) is 0 Å². The molecule has 6 nitrogen and oxygen atoms in total. The third kappa shape index (κ3) is 4.02. The summed E-state index contributed by atoms with van der Waals surface area (Å²) in [5, 5.41) is 3.52. The van der Waals surface area contributed by atoms with Crippen LogP contribution in [0.1, 0.15) is 29.0 Å². The van der Waals surface area contributed by atoms with E-state index in [2.05, 4.69) is 30.4 Å². The number of carbonyl (C=O) groups is 1. The van der Waals surface area contributed by atoms with E-state index in [1.807, 2.05) is 6.07 Å². The van der Waals surface area contributed by atoms with E-state index in [-0.39, 0.29) is 22.8 Å². The Morgan fingerprint density at radius 2 is 2.04 bits per heavy atom. The number of piperidine rings is 1. The molecular weight excluding hydrogens is 320 g/mol. The maximum atomic E-state index is 12.5. The molecule has 1 fully saturated rings. The van der Waals surface area contributed by atoms with Crippen LogP contribution < -0.4 is 15.5 Å². The average molecular weight is 342 g/mol. The van der Waals surface area contributed by atoms with Crippen LogP contribution in [0.4, 0.5) is 5.69 Å². The minimum absolute atomic E-state index is 0.0518. The fourth-order valence-corrected chi connectivity index (χ4v) is 3.01. The molecule has 6 heteroatoms. The van der Waals surface area contributed by atoms with Crippen molar-refractivity contribution in [2.45, 2.75) is 25.8 Å². The lowest BCUT2D eigenvalue weighted by Gasteiger charge is -2.32. The molecule has 2 aromatic rings. The quantitative estimate of drug-likeness (QED) is 0.925. The molecule has 1 aliphatic heterocycles. The standard InChI is InChI=1S/C19H22N2O4/c1-13-4-3-5-15(10-13)20-14-6-8-21(9-7-14)19(23)17-11-16(22)18(24-2)12-25-17/h3-5,10-12,14,20H,6-9H2,1-2H3. The Labute approximate surface area is 146 Å². The summed E-state index contributed by atoms with van der Waals surface area (Å²) in [7, 11) is 1.39. The molecule has 0 spiro atoms. The first-order valence-corrected chi connectivity index (χ1v) is 8.36. The van der Waals surface area contributed by atoms with Gasteiger partial charge in [0.2, 0.25) is 11.2 Å². The van der Waals surface area contributed by atoms with Crippen LogP contribution in [0, 0.1) is 6.92 Å². The van der Waals surface area contributed by atoms with Gasteiger partial charge in [0, 0.05) is 30.9 Å². The van der Waals surface area contributed by atoms with Crippen LogP contribution in [0.15, 0.2) is 45.8 Å². The molecule has 0 unspecified atom stereocenters. The summed E-state index contributed by atoms with van der Waals surface area (Å²) >= 11 is 0. The maximum absolute atomic E-state index is 12.5. The fraction of sp³-hybridized carbons (Fsp3) is 0.368. The third-order valence-corrected chi connectivity index (χ3v) is 4.40. The van der Waals surface area contributed by atoms with Crippen molar-refractivity contribution in [2.75, 3.05) is 25.5 Å². The van der Waals surface area contributed by atoms with Gasteiger partial charge in [0.1, 0.15) is 6.26 Å². The van der Waals surface area contributed by atoms with Crippen LogP contribution in [-0.4, -0.2) is 37.0 Å². The molecular formula is C19H22N2O4. The number of anilines is 1. The monoisotopic (exact) mass is 342 g/mol. The minimum atomic E-state index is -0.354. The second-order valence-electron chi connectivity index (χ2n) is 6.26. The highest BCUT2D eigenvalue weighted by Gasteiger charge is 2.25. The number of hydrogen-bond donors (Lipinski definition) is 1. The van der Waals surface area contributed by atoms with E-state index >= 15 is 0 Å². The van der Waals surface area contributed by atoms with Gasteiger partial charge in [-0.3, -0.25) is 9.59 Å². The number of likely N-dealkylation sites (tertiary alicyclic amines) is 1. The van der Waals surface area contributed by atoms with Crippen molar-refractivity contribution in [3.8, 4) is 5.75 Å². The lowest BCUT2D eigenvalue weighted by molar-refractivity contribution is 0.0683. The van der Waals surface area contributed by atoms with Crippen molar-refractivity contribution in [3.63, 3.8) is 0 Å². The molecule has 0 radical (unpaired) electrons. The lowest BCUT2D eigenvalue weighted by Crippen LogP contribution is -2.42. The highest BCUT2D eigenvalue weighted by atomic mass is 16.5. The number of nitrogens with zero attached hydrogens (tertiary/aromatic N) is 1. The zero-order valence-corrected chi connectivity index (χ0v) is 14.5. The molecule has 1 N–H and O–H groups in total. The molecule has 132 valence electrons. The summed E-state index contributed by atoms with van der Waals surface area (Å²) in [5.41, 5.74) is 1.96. The summed E-state index contributed by atoms with van der Waals surface area (Å²) in [5.74, 6) is -0.109. The number of nitrogens with one attached hydrogen (secondary N) is 1. The van der Waals surface area contributed by atoms with Crippen molar-refractivity contribution >= 4 is 11.6 Å². The summed E-state index contributed by atoms with van der Waals surface area (Å²) < 4.78 is 10.1. The smallest absolute Gasteiger partial charge is 0.289 e. The molecule has 1 aromatic carbocycles. The van der Waals surface area contributed by atoms with Crippen molar-refractivity contribution in [1.82, 2.24) is 4.90 Å². The summed E-state index contributed by atoms with van der Waals surface area (Å²) in [6, 6.07) is 9.78. The fourth-order valence-electron chi connectivity index (χ4n) is 3.01. The maximum Gasteiger partial charge on any atom is 0.289 e. The van der Waals surface area contributed by atoms with Gasteiger partial charge in [0.15, 0.2) is 5.76 Å². The average Bonchev–Trinajstić information content (AvgIpc) is 2.62. The number of aryl methyl sites for hydroxylation is 1. The molecule has 0 saturated carbocycles. The summed E-state index contributed by atoms with van der Waals surface area (Å²) in [6.45, 7) is 3.31. The van der Waals surface area contributed by atoms with E-state index in [0.717, 1.165) is 18.5 Å². The topological polar surface area (TPSA) is 71.8 Å². The zero-order chi connectivity index (χ0) is 17.8. The van der Waals surface area contributed by atoms with Crippen molar-refractivity contribution < 1.29 is 13.9 Å². The van der Waals surface area contributed by atoms with Crippen LogP contribution in [0.25, 0.3) is 0 Å². The van der Waals surface area contributed by atoms with Gasteiger partial charge >= 0.3 is 0 Å². The molecule has 1 aromatic heterocycles. The number of amides is 1. The first kappa shape index (κ1) is 17.1. The van der Waals surface area contributed by atoms with E-state index in [0.29, 0.717) is 19.1 Å². The van der Waals surface area contributed by atoms with Gasteiger partial charge in [-0.15, -0.1) is 0 Å². The number of carbonyl (C=O) groups excluding carboxylic acids is 1. The van der Waals surface area contributed by atoms with Gasteiger partial charge in [0.05, 0.1) is 7.11 Å². The minimum Gasteiger partial charge on any atom is -0.490 e. The van der Waals surface area contributed by atoms with E-state index in [1.165, 1.54) is 25.0 Å². The van der Waals surface area contributed by atoms with Gasteiger partial charge in [-0.1, -0.05) is 12.1 Å². The number of hydrogen-bond acceptors (Lipinski definition) is 5. The Balaban J connectivity index is 1.59. The second-order valence-corrected chi connectivity index (χ2v) is 6.26. The zero-order valence-electron chi connectivity index (χ0n) is 14.5. The van der Waals surface area contributed by atoms with Crippen LogP contribution >= 0.6 is 0 Å². The molecule has 1 amide bonds. The van der Waals surface area contributed by atoms with E-state index in [9.17, 15) is 9.59 Å². The molecule has 1 aliphatic rings. The largest absolute Gasteiger partial charge is 0.490 e. The van der Waals surface area contributed by atoms with Gasteiger partial charge in [-0.25, -0.2) is 0 Å². The highest BCUT2D eigenvalue weighted by molar-refractivity contribution is 5.91. The molecule has 0 aliphatic carbocycles. The van der Waals surface area contributed by atoms with Crippen molar-refractivity contribution in [1.29, 1.82) is 0 Å². The number of benzene rings is 1. The molecule has 1 saturated heterocycles. The Morgan fingerprint density at radius 3 is 2.68 bits per heavy atom. The highest BCUT2D eigenvalue weighted by Crippen LogP contribution is 2.19. The number of ether oxygens (including phenoxy) is 1. The Hall–Kier alpha value is -2.76. The Kier molecular flexibility index (Phi) is 5.07. The van der Waals surface area contributed by atoms with Crippen LogP contribution in [0.2, 0.25) is 0 Å². The first-order valence-electron chi connectivity index (χ1n) is 8.36. The third-order valence-electron chi connectivity index (χ3n) is 4.40. The van der Waals surface area contributed by atoms with Crippen molar-refractivity contribution in [2.24, 2.45) is 0 Å². The molecule has 25 heavy (non-hydrogen) atoms. The van der Waals surface area contributed by atoms with Gasteiger partial charge in [-0.2, -0.15) is 0 Å². The Bertz CT molecular complexity index is 807. The van der Waals surface area contributed by atoms with Crippen molar-refractivity contribution in [3.05, 3.63) is 58.1 Å². The molecule has 3 rings (SSSR count). The second kappa shape index (κ2) is 7.42. The molecule has 0 atom stereocenters. The first-order chi connectivity index (χ1) is 12.1. The number of rotatable bonds is 4. The lowest BCUT2D eigenvalue weighted by atomic mass is 10.0. The predicted molar refractivity (Wildman–Crippen MR) is 95.3 cm³/mol. The van der Waals surface area contributed by atoms with E-state index in [4.69, 9.17) is 9.15 Å². The normalized spacial score (nSPS) is 15.0. The summed E-state index contributed by atoms with van der Waals surface area (Å²) in [6.07, 6.45) is 2.88. The summed E-state index contributed by atoms with van der Waals surface area (Å²) in [4.78, 5) is 26.0. The van der Waals surface area contributed by atoms with Gasteiger partial charge in [0.25, 0.3) is 5.91 Å². The molecule has 0 bridgehead atoms. The SMILES string of the molecule is COc1coc(C(=O)N2CCC(Nc3cccc(C)c3)CC2)cc1=O. The molecule has 2 heterocycles. The van der Waals surface area contributed by atoms with E-state index < -0.39 is 0 Å². The van der Waals surface area contributed by atoms with Crippen LogP contribution in [0.5, 0.6) is 5.75 Å². The number of methoxy groups -OCH3 is 1. The van der Waals surface area contributed by atoms with E-state index in [1.54, 1.807) is 4.90 Å². The predicted octanol–water partition coefficient (Wildman–Crippen LogP) is 2.67. The van der Waals surface area contributed by atoms with Crippen LogP contribution in [-0.2, 0) is 0 Å². The van der Waals surface area contributed by atoms with Gasteiger partial charge in [-0.05, 0) is 37.5 Å². The Morgan fingerprint density at radius 1 is 1.28 bits per heavy atom. The van der Waals surface area contributed by atoms with Gasteiger partial charge < -0.3 is 19.4 Å².